The van der Waals surface area contributed by atoms with Crippen LogP contribution in [-0.2, 0) is 0 Å². The van der Waals surface area contributed by atoms with Gasteiger partial charge >= 0.3 is 0 Å². The fourth-order valence-corrected chi connectivity index (χ4v) is 1.28. The SMILES string of the molecule is ON=Cc1ccc(-n2ccnc2)c(F)c1. The molecule has 15 heavy (non-hydrogen) atoms. The van der Waals surface area contributed by atoms with Gasteiger partial charge in [0, 0.05) is 12.4 Å². The predicted molar refractivity (Wildman–Crippen MR) is 52.9 cm³/mol. The molecule has 0 atom stereocenters. The molecule has 0 spiro atoms. The molecule has 0 aliphatic rings. The predicted octanol–water partition coefficient (Wildman–Crippen LogP) is 1.82. The van der Waals surface area contributed by atoms with Crippen molar-refractivity contribution in [2.24, 2.45) is 5.16 Å². The Kier molecular flexibility index (Phi) is 2.45. The monoisotopic (exact) mass is 205 g/mol. The van der Waals surface area contributed by atoms with E-state index >= 15 is 0 Å². The lowest BCUT2D eigenvalue weighted by Gasteiger charge is -2.03. The van der Waals surface area contributed by atoms with Gasteiger partial charge < -0.3 is 9.77 Å². The highest BCUT2D eigenvalue weighted by atomic mass is 19.1. The quantitative estimate of drug-likeness (QED) is 0.462. The molecule has 0 saturated carbocycles. The van der Waals surface area contributed by atoms with Crippen LogP contribution in [0.4, 0.5) is 4.39 Å². The number of aromatic nitrogens is 2. The van der Waals surface area contributed by atoms with Crippen molar-refractivity contribution < 1.29 is 9.60 Å². The summed E-state index contributed by atoms with van der Waals surface area (Å²) < 4.78 is 15.1. The van der Waals surface area contributed by atoms with E-state index in [0.717, 1.165) is 0 Å². The summed E-state index contributed by atoms with van der Waals surface area (Å²) in [5.74, 6) is -0.398. The third kappa shape index (κ3) is 1.85. The van der Waals surface area contributed by atoms with E-state index in [1.165, 1.54) is 18.6 Å². The molecule has 0 fully saturated rings. The van der Waals surface area contributed by atoms with Crippen LogP contribution in [0.15, 0.2) is 42.1 Å². The summed E-state index contributed by atoms with van der Waals surface area (Å²) in [6.07, 6.45) is 5.90. The molecule has 0 aliphatic heterocycles. The van der Waals surface area contributed by atoms with Crippen LogP contribution in [0, 0.1) is 5.82 Å². The van der Waals surface area contributed by atoms with Gasteiger partial charge in [0.05, 0.1) is 18.2 Å². The van der Waals surface area contributed by atoms with Crippen molar-refractivity contribution in [2.75, 3.05) is 0 Å². The second-order valence-corrected chi connectivity index (χ2v) is 2.93. The van der Waals surface area contributed by atoms with Crippen molar-refractivity contribution in [3.05, 3.63) is 48.3 Å². The first-order valence-electron chi connectivity index (χ1n) is 4.26. The van der Waals surface area contributed by atoms with Crippen molar-refractivity contribution in [3.8, 4) is 5.69 Å². The molecule has 1 aromatic carbocycles. The highest BCUT2D eigenvalue weighted by molar-refractivity contribution is 5.79. The van der Waals surface area contributed by atoms with E-state index in [1.807, 2.05) is 0 Å². The molecule has 2 aromatic rings. The molecule has 1 N–H and O–H groups in total. The van der Waals surface area contributed by atoms with Crippen LogP contribution >= 0.6 is 0 Å². The summed E-state index contributed by atoms with van der Waals surface area (Å²) in [6, 6.07) is 4.53. The van der Waals surface area contributed by atoms with Crippen LogP contribution in [0.3, 0.4) is 0 Å². The fraction of sp³-hybridized carbons (Fsp3) is 0. The van der Waals surface area contributed by atoms with Crippen molar-refractivity contribution >= 4 is 6.21 Å². The van der Waals surface area contributed by atoms with Gasteiger partial charge in [-0.15, -0.1) is 0 Å². The Morgan fingerprint density at radius 1 is 1.47 bits per heavy atom. The highest BCUT2D eigenvalue weighted by Gasteiger charge is 2.03. The molecule has 0 aliphatic carbocycles. The van der Waals surface area contributed by atoms with Crippen LogP contribution < -0.4 is 0 Å². The van der Waals surface area contributed by atoms with Gasteiger partial charge in [-0.2, -0.15) is 0 Å². The van der Waals surface area contributed by atoms with Gasteiger partial charge in [0.1, 0.15) is 5.82 Å². The largest absolute Gasteiger partial charge is 0.411 e. The normalized spacial score (nSPS) is 11.0. The Hall–Kier alpha value is -2.17. The number of hydrogen-bond donors (Lipinski definition) is 1. The lowest BCUT2D eigenvalue weighted by Crippen LogP contribution is -1.95. The van der Waals surface area contributed by atoms with Crippen molar-refractivity contribution in [2.45, 2.75) is 0 Å². The van der Waals surface area contributed by atoms with Crippen LogP contribution in [0.1, 0.15) is 5.56 Å². The third-order valence-electron chi connectivity index (χ3n) is 1.96. The van der Waals surface area contributed by atoms with E-state index in [1.54, 1.807) is 29.1 Å². The van der Waals surface area contributed by atoms with E-state index in [0.29, 0.717) is 11.3 Å². The van der Waals surface area contributed by atoms with Gasteiger partial charge in [0.25, 0.3) is 0 Å². The number of halogens is 1. The van der Waals surface area contributed by atoms with Crippen LogP contribution in [0.25, 0.3) is 5.69 Å². The zero-order chi connectivity index (χ0) is 10.7. The maximum absolute atomic E-state index is 13.5. The lowest BCUT2D eigenvalue weighted by atomic mass is 10.2. The van der Waals surface area contributed by atoms with Gasteiger partial charge in [-0.05, 0) is 17.7 Å². The minimum Gasteiger partial charge on any atom is -0.411 e. The maximum atomic E-state index is 13.5. The molecule has 4 nitrogen and oxygen atoms in total. The maximum Gasteiger partial charge on any atom is 0.147 e. The van der Waals surface area contributed by atoms with Gasteiger partial charge in [0.2, 0.25) is 0 Å². The van der Waals surface area contributed by atoms with Gasteiger partial charge in [0.15, 0.2) is 0 Å². The molecule has 0 unspecified atom stereocenters. The number of hydrogen-bond acceptors (Lipinski definition) is 3. The Morgan fingerprint density at radius 3 is 2.93 bits per heavy atom. The number of imidazole rings is 1. The molecule has 0 saturated heterocycles. The first kappa shape index (κ1) is 9.39. The smallest absolute Gasteiger partial charge is 0.147 e. The van der Waals surface area contributed by atoms with E-state index in [-0.39, 0.29) is 0 Å². The molecular weight excluding hydrogens is 197 g/mol. The van der Waals surface area contributed by atoms with Gasteiger partial charge in [-0.25, -0.2) is 9.37 Å². The molecular formula is C10H8FN3O. The first-order valence-corrected chi connectivity index (χ1v) is 4.26. The number of benzene rings is 1. The summed E-state index contributed by atoms with van der Waals surface area (Å²) >= 11 is 0. The zero-order valence-electron chi connectivity index (χ0n) is 7.71. The van der Waals surface area contributed by atoms with Crippen molar-refractivity contribution in [1.29, 1.82) is 0 Å². The second-order valence-electron chi connectivity index (χ2n) is 2.93. The Balaban J connectivity index is 2.43. The number of rotatable bonds is 2. The average molecular weight is 205 g/mol. The molecule has 1 aromatic heterocycles. The molecule has 0 bridgehead atoms. The summed E-state index contributed by atoms with van der Waals surface area (Å²) in [6.45, 7) is 0. The van der Waals surface area contributed by atoms with E-state index in [2.05, 4.69) is 10.1 Å². The number of nitrogens with zero attached hydrogens (tertiary/aromatic N) is 3. The Morgan fingerprint density at radius 2 is 2.33 bits per heavy atom. The van der Waals surface area contributed by atoms with Crippen LogP contribution in [0.5, 0.6) is 0 Å². The average Bonchev–Trinajstić information content (AvgIpc) is 2.71. The molecule has 5 heteroatoms. The van der Waals surface area contributed by atoms with E-state index in [4.69, 9.17) is 5.21 Å². The van der Waals surface area contributed by atoms with E-state index < -0.39 is 5.82 Å². The minimum absolute atomic E-state index is 0.398. The second kappa shape index (κ2) is 3.91. The lowest BCUT2D eigenvalue weighted by molar-refractivity contribution is 0.322. The molecule has 1 heterocycles. The fourth-order valence-electron chi connectivity index (χ4n) is 1.28. The first-order chi connectivity index (χ1) is 7.31. The van der Waals surface area contributed by atoms with Crippen molar-refractivity contribution in [1.82, 2.24) is 9.55 Å². The number of oxime groups is 1. The Bertz CT molecular complexity index is 479. The summed E-state index contributed by atoms with van der Waals surface area (Å²) in [5, 5.41) is 11.1. The summed E-state index contributed by atoms with van der Waals surface area (Å²) in [5.41, 5.74) is 0.904. The van der Waals surface area contributed by atoms with Gasteiger partial charge in [-0.3, -0.25) is 0 Å². The Labute approximate surface area is 85.3 Å². The van der Waals surface area contributed by atoms with Crippen LogP contribution in [-0.4, -0.2) is 21.0 Å². The zero-order valence-corrected chi connectivity index (χ0v) is 7.71. The summed E-state index contributed by atoms with van der Waals surface area (Å²) in [7, 11) is 0. The summed E-state index contributed by atoms with van der Waals surface area (Å²) in [4.78, 5) is 3.83. The molecule has 76 valence electrons. The van der Waals surface area contributed by atoms with E-state index in [9.17, 15) is 4.39 Å². The topological polar surface area (TPSA) is 50.4 Å². The highest BCUT2D eigenvalue weighted by Crippen LogP contribution is 2.13. The third-order valence-corrected chi connectivity index (χ3v) is 1.96. The van der Waals surface area contributed by atoms with Crippen molar-refractivity contribution in [3.63, 3.8) is 0 Å². The molecule has 0 radical (unpaired) electrons. The van der Waals surface area contributed by atoms with Crippen LogP contribution in [0.2, 0.25) is 0 Å². The molecule has 2 rings (SSSR count). The molecule has 0 amide bonds. The minimum atomic E-state index is -0.398. The van der Waals surface area contributed by atoms with Gasteiger partial charge in [-0.1, -0.05) is 11.2 Å². The standard InChI is InChI=1S/C10H8FN3O/c11-9-5-8(6-13-15)1-2-10(9)14-4-3-12-7-14/h1-7,15H.